The number of para-hydroxylation sites is 3. The lowest BCUT2D eigenvalue weighted by molar-refractivity contribution is 0.673. The molecular weight excluding hydrogens is 571 g/mol. The van der Waals surface area contributed by atoms with E-state index in [2.05, 4.69) is 126 Å². The zero-order valence-corrected chi connectivity index (χ0v) is 24.8. The monoisotopic (exact) mass is 593 g/mol. The average molecular weight is 594 g/mol. The largest absolute Gasteiger partial charge is 0.455 e. The predicted molar refractivity (Wildman–Crippen MR) is 187 cm³/mol. The van der Waals surface area contributed by atoms with E-state index in [1.165, 1.54) is 4.70 Å². The molecule has 4 heterocycles. The first kappa shape index (κ1) is 24.6. The number of hydrogen-bond donors (Lipinski definition) is 0. The molecule has 0 radical (unpaired) electrons. The first-order valence-corrected chi connectivity index (χ1v) is 15.8. The molecule has 6 aromatic carbocycles. The Morgan fingerprint density at radius 1 is 0.556 bits per heavy atom. The maximum Gasteiger partial charge on any atom is 0.162 e. The van der Waals surface area contributed by atoms with Gasteiger partial charge in [-0.2, -0.15) is 0 Å². The van der Waals surface area contributed by atoms with Gasteiger partial charge in [0.05, 0.1) is 38.0 Å². The number of furan rings is 1. The molecule has 0 saturated carbocycles. The Morgan fingerprint density at radius 2 is 1.29 bits per heavy atom. The van der Waals surface area contributed by atoms with Crippen molar-refractivity contribution in [3.8, 4) is 28.3 Å². The number of thiophene rings is 1. The Labute approximate surface area is 261 Å². The maximum absolute atomic E-state index is 6.55. The van der Waals surface area contributed by atoms with Gasteiger partial charge in [0, 0.05) is 37.4 Å². The molecule has 0 fully saturated rings. The summed E-state index contributed by atoms with van der Waals surface area (Å²) in [5, 5.41) is 5.67. The molecule has 10 aromatic rings. The van der Waals surface area contributed by atoms with Crippen LogP contribution in [0.25, 0.3) is 92.4 Å². The molecule has 0 bridgehead atoms. The van der Waals surface area contributed by atoms with Gasteiger partial charge in [-0.25, -0.2) is 9.97 Å². The lowest BCUT2D eigenvalue weighted by atomic mass is 10.1. The van der Waals surface area contributed by atoms with Gasteiger partial charge in [-0.15, -0.1) is 11.3 Å². The van der Waals surface area contributed by atoms with E-state index in [0.717, 1.165) is 81.9 Å². The fourth-order valence-electron chi connectivity index (χ4n) is 6.86. The zero-order chi connectivity index (χ0) is 29.5. The third kappa shape index (κ3) is 3.53. The summed E-state index contributed by atoms with van der Waals surface area (Å²) in [4.78, 5) is 10.6. The molecular formula is C40H23N3OS. The molecule has 4 aromatic heterocycles. The van der Waals surface area contributed by atoms with Gasteiger partial charge in [0.1, 0.15) is 11.2 Å². The second-order valence-electron chi connectivity index (χ2n) is 11.3. The van der Waals surface area contributed by atoms with Gasteiger partial charge in [-0.3, -0.25) is 0 Å². The van der Waals surface area contributed by atoms with E-state index in [1.807, 2.05) is 18.2 Å². The fraction of sp³-hybridized carbons (Fsp3) is 0. The number of hydrogen-bond acceptors (Lipinski definition) is 4. The van der Waals surface area contributed by atoms with Crippen molar-refractivity contribution in [2.75, 3.05) is 0 Å². The van der Waals surface area contributed by atoms with Crippen LogP contribution in [0.5, 0.6) is 0 Å². The van der Waals surface area contributed by atoms with Crippen LogP contribution < -0.4 is 0 Å². The molecule has 10 rings (SSSR count). The van der Waals surface area contributed by atoms with Crippen molar-refractivity contribution in [1.82, 2.24) is 14.5 Å². The van der Waals surface area contributed by atoms with Crippen LogP contribution in [0.3, 0.4) is 0 Å². The number of nitrogens with zero attached hydrogens (tertiary/aromatic N) is 3. The minimum Gasteiger partial charge on any atom is -0.455 e. The summed E-state index contributed by atoms with van der Waals surface area (Å²) in [5.74, 6) is 0.705. The molecule has 0 atom stereocenters. The van der Waals surface area contributed by atoms with Crippen molar-refractivity contribution in [1.29, 1.82) is 0 Å². The van der Waals surface area contributed by atoms with Crippen LogP contribution in [0.15, 0.2) is 144 Å². The van der Waals surface area contributed by atoms with Crippen molar-refractivity contribution >= 4 is 75.4 Å². The van der Waals surface area contributed by atoms with Crippen LogP contribution in [0.2, 0.25) is 0 Å². The van der Waals surface area contributed by atoms with E-state index in [0.29, 0.717) is 5.82 Å². The molecule has 0 aliphatic heterocycles. The first-order valence-electron chi connectivity index (χ1n) is 15.0. The normalized spacial score (nSPS) is 12.0. The predicted octanol–water partition coefficient (Wildman–Crippen LogP) is 11.2. The van der Waals surface area contributed by atoms with Crippen molar-refractivity contribution in [2.45, 2.75) is 0 Å². The third-order valence-corrected chi connectivity index (χ3v) is 10.00. The standard InChI is InChI=1S/C40H23N3OS/c1-2-12-24(13-3-1)36-39-37(29-17-7-11-21-34(29)45-39)42-40(41-36)28-16-5-9-19-31(28)43-30-18-8-4-15-27(30)35-32(43)23-22-26-25-14-6-10-20-33(25)44-38(26)35/h1-23H. The second-order valence-corrected chi connectivity index (χ2v) is 12.4. The summed E-state index contributed by atoms with van der Waals surface area (Å²) < 4.78 is 11.2. The SMILES string of the molecule is c1ccc(-c2nc(-c3ccccc3-n3c4ccccc4c4c5oc6ccccc6c5ccc43)nc3c2sc2ccccc23)cc1. The highest BCUT2D eigenvalue weighted by molar-refractivity contribution is 7.26. The Balaban J connectivity index is 1.30. The molecule has 0 aliphatic carbocycles. The molecule has 210 valence electrons. The van der Waals surface area contributed by atoms with Gasteiger partial charge in [-0.1, -0.05) is 97.1 Å². The number of aromatic nitrogens is 3. The molecule has 0 saturated heterocycles. The maximum atomic E-state index is 6.55. The van der Waals surface area contributed by atoms with Crippen molar-refractivity contribution < 1.29 is 4.42 Å². The lowest BCUT2D eigenvalue weighted by Crippen LogP contribution is -2.00. The van der Waals surface area contributed by atoms with E-state index < -0.39 is 0 Å². The molecule has 0 unspecified atom stereocenters. The van der Waals surface area contributed by atoms with Crippen molar-refractivity contribution in [3.05, 3.63) is 140 Å². The Morgan fingerprint density at radius 3 is 2.20 bits per heavy atom. The van der Waals surface area contributed by atoms with Crippen molar-refractivity contribution in [3.63, 3.8) is 0 Å². The van der Waals surface area contributed by atoms with E-state index in [-0.39, 0.29) is 0 Å². The topological polar surface area (TPSA) is 43.9 Å². The summed E-state index contributed by atoms with van der Waals surface area (Å²) in [6.07, 6.45) is 0. The Hall–Kier alpha value is -5.78. The minimum atomic E-state index is 0.705. The summed E-state index contributed by atoms with van der Waals surface area (Å²) in [5.41, 5.74) is 9.03. The molecule has 5 heteroatoms. The smallest absolute Gasteiger partial charge is 0.162 e. The molecule has 4 nitrogen and oxygen atoms in total. The fourth-order valence-corrected chi connectivity index (χ4v) is 8.01. The van der Waals surface area contributed by atoms with Crippen LogP contribution in [-0.2, 0) is 0 Å². The van der Waals surface area contributed by atoms with Crippen LogP contribution in [0.1, 0.15) is 0 Å². The molecule has 0 aliphatic rings. The van der Waals surface area contributed by atoms with Crippen LogP contribution in [-0.4, -0.2) is 14.5 Å². The van der Waals surface area contributed by atoms with E-state index in [9.17, 15) is 0 Å². The van der Waals surface area contributed by atoms with Crippen molar-refractivity contribution in [2.24, 2.45) is 0 Å². The van der Waals surface area contributed by atoms with E-state index in [4.69, 9.17) is 14.4 Å². The van der Waals surface area contributed by atoms with Crippen LogP contribution >= 0.6 is 11.3 Å². The number of rotatable bonds is 3. The molecule has 45 heavy (non-hydrogen) atoms. The highest BCUT2D eigenvalue weighted by Gasteiger charge is 2.22. The average Bonchev–Trinajstić information content (AvgIpc) is 3.78. The van der Waals surface area contributed by atoms with E-state index in [1.54, 1.807) is 11.3 Å². The molecule has 0 spiro atoms. The quantitative estimate of drug-likeness (QED) is 0.205. The van der Waals surface area contributed by atoms with Gasteiger partial charge >= 0.3 is 0 Å². The first-order chi connectivity index (χ1) is 22.3. The van der Waals surface area contributed by atoms with Gasteiger partial charge < -0.3 is 8.98 Å². The van der Waals surface area contributed by atoms with Gasteiger partial charge in [-0.05, 0) is 42.5 Å². The number of benzene rings is 6. The summed E-state index contributed by atoms with van der Waals surface area (Å²) in [7, 11) is 0. The Kier molecular flexibility index (Phi) is 5.12. The van der Waals surface area contributed by atoms with Gasteiger partial charge in [0.15, 0.2) is 5.82 Å². The van der Waals surface area contributed by atoms with Gasteiger partial charge in [0.25, 0.3) is 0 Å². The highest BCUT2D eigenvalue weighted by atomic mass is 32.1. The third-order valence-electron chi connectivity index (χ3n) is 8.83. The van der Waals surface area contributed by atoms with Gasteiger partial charge in [0.2, 0.25) is 0 Å². The minimum absolute atomic E-state index is 0.705. The zero-order valence-electron chi connectivity index (χ0n) is 23.9. The summed E-state index contributed by atoms with van der Waals surface area (Å²) in [6, 6.07) is 48.7. The number of fused-ring (bicyclic) bond motifs is 10. The van der Waals surface area contributed by atoms with E-state index >= 15 is 0 Å². The molecule has 0 amide bonds. The summed E-state index contributed by atoms with van der Waals surface area (Å²) in [6.45, 7) is 0. The second kappa shape index (κ2) is 9.36. The van der Waals surface area contributed by atoms with Crippen LogP contribution in [0.4, 0.5) is 0 Å². The molecule has 0 N–H and O–H groups in total. The highest BCUT2D eigenvalue weighted by Crippen LogP contribution is 2.43. The lowest BCUT2D eigenvalue weighted by Gasteiger charge is -2.14. The Bertz CT molecular complexity index is 2770. The van der Waals surface area contributed by atoms with Crippen LogP contribution in [0, 0.1) is 0 Å². The summed E-state index contributed by atoms with van der Waals surface area (Å²) >= 11 is 1.75.